The first-order valence-corrected chi connectivity index (χ1v) is 6.41. The Bertz CT molecular complexity index is 582. The van der Waals surface area contributed by atoms with Crippen LogP contribution in [0.2, 0.25) is 0 Å². The zero-order chi connectivity index (χ0) is 13.8. The molecule has 0 bridgehead atoms. The summed E-state index contributed by atoms with van der Waals surface area (Å²) in [5.74, 6) is 1.56. The van der Waals surface area contributed by atoms with Gasteiger partial charge in [0, 0.05) is 18.3 Å². The molecule has 2 aromatic rings. The van der Waals surface area contributed by atoms with Crippen LogP contribution in [0.5, 0.6) is 5.75 Å². The van der Waals surface area contributed by atoms with Gasteiger partial charge in [-0.15, -0.1) is 0 Å². The fourth-order valence-corrected chi connectivity index (χ4v) is 1.95. The molecule has 0 saturated heterocycles. The summed E-state index contributed by atoms with van der Waals surface area (Å²) in [6, 6.07) is 8.09. The minimum absolute atomic E-state index is 0.640. The Kier molecular flexibility index (Phi) is 4.00. The van der Waals surface area contributed by atoms with Crippen LogP contribution in [0.15, 0.2) is 24.3 Å². The lowest BCUT2D eigenvalue weighted by Crippen LogP contribution is -2.00. The molecule has 19 heavy (non-hydrogen) atoms. The zero-order valence-corrected chi connectivity index (χ0v) is 11.8. The molecule has 0 aliphatic carbocycles. The highest BCUT2D eigenvalue weighted by molar-refractivity contribution is 5.63. The molecule has 0 amide bonds. The molecule has 2 rings (SSSR count). The minimum atomic E-state index is 0.640. The molecule has 4 nitrogen and oxygen atoms in total. The summed E-state index contributed by atoms with van der Waals surface area (Å²) < 4.78 is 5.55. The first-order valence-electron chi connectivity index (χ1n) is 6.41. The summed E-state index contributed by atoms with van der Waals surface area (Å²) in [5.41, 5.74) is 4.05. The Hall–Kier alpha value is -2.10. The summed E-state index contributed by atoms with van der Waals surface area (Å²) in [5, 5.41) is 2.98. The summed E-state index contributed by atoms with van der Waals surface area (Å²) in [6.07, 6.45) is 0. The second kappa shape index (κ2) is 5.69. The second-order valence-electron chi connectivity index (χ2n) is 4.38. The fourth-order valence-electron chi connectivity index (χ4n) is 1.95. The third kappa shape index (κ3) is 3.02. The Balaban J connectivity index is 2.41. The van der Waals surface area contributed by atoms with Crippen LogP contribution in [0.1, 0.15) is 18.2 Å². The predicted molar refractivity (Wildman–Crippen MR) is 77.7 cm³/mol. The molecule has 0 unspecified atom stereocenters. The van der Waals surface area contributed by atoms with Crippen molar-refractivity contribution in [3.8, 4) is 17.0 Å². The summed E-state index contributed by atoms with van der Waals surface area (Å²) >= 11 is 0. The van der Waals surface area contributed by atoms with Crippen LogP contribution in [0.25, 0.3) is 11.3 Å². The van der Waals surface area contributed by atoms with Gasteiger partial charge in [-0.05, 0) is 50.6 Å². The van der Waals surface area contributed by atoms with E-state index >= 15 is 0 Å². The molecule has 0 spiro atoms. The van der Waals surface area contributed by atoms with Gasteiger partial charge in [-0.3, -0.25) is 0 Å². The van der Waals surface area contributed by atoms with Crippen molar-refractivity contribution >= 4 is 5.95 Å². The number of aryl methyl sites for hydroxylation is 2. The monoisotopic (exact) mass is 257 g/mol. The Morgan fingerprint density at radius 1 is 1.16 bits per heavy atom. The lowest BCUT2D eigenvalue weighted by atomic mass is 10.1. The number of nitrogens with zero attached hydrogens (tertiary/aromatic N) is 2. The van der Waals surface area contributed by atoms with Crippen molar-refractivity contribution in [1.82, 2.24) is 9.97 Å². The molecular weight excluding hydrogens is 238 g/mol. The van der Waals surface area contributed by atoms with E-state index in [1.165, 1.54) is 0 Å². The number of nitrogens with one attached hydrogen (secondary N) is 1. The van der Waals surface area contributed by atoms with Crippen LogP contribution in [0.4, 0.5) is 5.95 Å². The maximum absolute atomic E-state index is 5.55. The average Bonchev–Trinajstić information content (AvgIpc) is 2.40. The molecule has 1 N–H and O–H groups in total. The van der Waals surface area contributed by atoms with Crippen molar-refractivity contribution in [2.45, 2.75) is 20.8 Å². The maximum Gasteiger partial charge on any atom is 0.223 e. The van der Waals surface area contributed by atoms with Gasteiger partial charge in [0.25, 0.3) is 0 Å². The van der Waals surface area contributed by atoms with Crippen molar-refractivity contribution < 1.29 is 4.74 Å². The smallest absolute Gasteiger partial charge is 0.223 e. The van der Waals surface area contributed by atoms with Gasteiger partial charge in [-0.2, -0.15) is 0 Å². The molecule has 100 valence electrons. The van der Waals surface area contributed by atoms with Crippen molar-refractivity contribution in [3.05, 3.63) is 35.5 Å². The summed E-state index contributed by atoms with van der Waals surface area (Å²) in [4.78, 5) is 8.78. The normalized spacial score (nSPS) is 10.3. The van der Waals surface area contributed by atoms with Gasteiger partial charge in [-0.1, -0.05) is 0 Å². The minimum Gasteiger partial charge on any atom is -0.494 e. The van der Waals surface area contributed by atoms with E-state index in [1.54, 1.807) is 0 Å². The molecule has 0 radical (unpaired) electrons. The Morgan fingerprint density at radius 3 is 2.58 bits per heavy atom. The third-order valence-electron chi connectivity index (χ3n) is 2.85. The fraction of sp³-hybridized carbons (Fsp3) is 0.333. The highest BCUT2D eigenvalue weighted by Gasteiger charge is 2.06. The lowest BCUT2D eigenvalue weighted by Gasteiger charge is -2.10. The van der Waals surface area contributed by atoms with Crippen LogP contribution >= 0.6 is 0 Å². The summed E-state index contributed by atoms with van der Waals surface area (Å²) in [7, 11) is 1.82. The number of anilines is 1. The molecule has 0 atom stereocenters. The van der Waals surface area contributed by atoms with E-state index in [9.17, 15) is 0 Å². The molecule has 1 aromatic heterocycles. The van der Waals surface area contributed by atoms with Crippen LogP contribution < -0.4 is 10.1 Å². The first kappa shape index (κ1) is 13.3. The molecular formula is C15H19N3O. The van der Waals surface area contributed by atoms with Gasteiger partial charge < -0.3 is 10.1 Å². The van der Waals surface area contributed by atoms with Crippen LogP contribution in [0.3, 0.4) is 0 Å². The molecule has 1 aromatic carbocycles. The number of hydrogen-bond donors (Lipinski definition) is 1. The van der Waals surface area contributed by atoms with Gasteiger partial charge in [0.15, 0.2) is 0 Å². The molecule has 0 saturated carbocycles. The Labute approximate surface area is 113 Å². The van der Waals surface area contributed by atoms with Gasteiger partial charge in [0.05, 0.1) is 12.3 Å². The van der Waals surface area contributed by atoms with Crippen molar-refractivity contribution in [3.63, 3.8) is 0 Å². The van der Waals surface area contributed by atoms with E-state index in [1.807, 2.05) is 46.0 Å². The highest BCUT2D eigenvalue weighted by atomic mass is 16.5. The molecule has 4 heteroatoms. The topological polar surface area (TPSA) is 47.0 Å². The number of ether oxygens (including phenoxy) is 1. The highest BCUT2D eigenvalue weighted by Crippen LogP contribution is 2.26. The zero-order valence-electron chi connectivity index (χ0n) is 11.8. The van der Waals surface area contributed by atoms with Crippen molar-refractivity contribution in [2.24, 2.45) is 0 Å². The van der Waals surface area contributed by atoms with Crippen molar-refractivity contribution in [1.29, 1.82) is 0 Å². The van der Waals surface area contributed by atoms with Gasteiger partial charge in [0.2, 0.25) is 5.95 Å². The molecule has 0 aliphatic rings. The van der Waals surface area contributed by atoms with E-state index in [0.717, 1.165) is 28.3 Å². The van der Waals surface area contributed by atoms with E-state index in [0.29, 0.717) is 12.6 Å². The van der Waals surface area contributed by atoms with Crippen molar-refractivity contribution in [2.75, 3.05) is 19.0 Å². The van der Waals surface area contributed by atoms with Gasteiger partial charge in [-0.25, -0.2) is 9.97 Å². The van der Waals surface area contributed by atoms with Crippen LogP contribution in [-0.2, 0) is 0 Å². The van der Waals surface area contributed by atoms with E-state index in [4.69, 9.17) is 4.74 Å². The lowest BCUT2D eigenvalue weighted by molar-refractivity contribution is 0.338. The van der Waals surface area contributed by atoms with E-state index in [-0.39, 0.29) is 0 Å². The SMILES string of the molecule is CCOc1ccc(-c2cc(C)nc(NC)n2)cc1C. The van der Waals surface area contributed by atoms with E-state index < -0.39 is 0 Å². The van der Waals surface area contributed by atoms with Crippen LogP contribution in [-0.4, -0.2) is 23.6 Å². The largest absolute Gasteiger partial charge is 0.494 e. The van der Waals surface area contributed by atoms with E-state index in [2.05, 4.69) is 21.4 Å². The quantitative estimate of drug-likeness (QED) is 0.913. The number of aromatic nitrogens is 2. The first-order chi connectivity index (χ1) is 9.13. The average molecular weight is 257 g/mol. The van der Waals surface area contributed by atoms with Crippen LogP contribution in [0, 0.1) is 13.8 Å². The number of benzene rings is 1. The Morgan fingerprint density at radius 2 is 1.95 bits per heavy atom. The maximum atomic E-state index is 5.55. The second-order valence-corrected chi connectivity index (χ2v) is 4.38. The standard InChI is InChI=1S/C15H19N3O/c1-5-19-14-7-6-12(8-10(14)2)13-9-11(3)17-15(16-4)18-13/h6-9H,5H2,1-4H3,(H,16,17,18). The molecule has 0 aliphatic heterocycles. The predicted octanol–water partition coefficient (Wildman–Crippen LogP) is 3.20. The van der Waals surface area contributed by atoms with Gasteiger partial charge in [0.1, 0.15) is 5.75 Å². The molecule has 1 heterocycles. The summed E-state index contributed by atoms with van der Waals surface area (Å²) in [6.45, 7) is 6.67. The number of rotatable bonds is 4. The molecule has 0 fully saturated rings. The third-order valence-corrected chi connectivity index (χ3v) is 2.85. The number of hydrogen-bond acceptors (Lipinski definition) is 4. The van der Waals surface area contributed by atoms with Gasteiger partial charge >= 0.3 is 0 Å².